The van der Waals surface area contributed by atoms with Crippen molar-refractivity contribution >= 4 is 16.4 Å². The number of carboxylic acids is 1. The molecule has 8 nitrogen and oxygen atoms in total. The highest BCUT2D eigenvalue weighted by Crippen LogP contribution is 1.81. The minimum Gasteiger partial charge on any atom is -0.478 e. The largest absolute Gasteiger partial charge is 0.478 e. The van der Waals surface area contributed by atoms with E-state index >= 15 is 0 Å². The summed E-state index contributed by atoms with van der Waals surface area (Å²) < 4.78 is 30.7. The molecule has 2 N–H and O–H groups in total. The van der Waals surface area contributed by atoms with Crippen molar-refractivity contribution in [1.82, 2.24) is 9.80 Å². The van der Waals surface area contributed by atoms with Gasteiger partial charge in [0, 0.05) is 5.57 Å². The van der Waals surface area contributed by atoms with Crippen molar-refractivity contribution in [2.24, 2.45) is 0 Å². The van der Waals surface area contributed by atoms with Gasteiger partial charge in [-0.2, -0.15) is 8.42 Å². The van der Waals surface area contributed by atoms with Crippen LogP contribution in [0.4, 0.5) is 0 Å². The van der Waals surface area contributed by atoms with Crippen molar-refractivity contribution in [2.75, 3.05) is 48.9 Å². The molecule has 0 saturated heterocycles. The molecule has 0 aliphatic rings. The summed E-state index contributed by atoms with van der Waals surface area (Å²) in [6.07, 6.45) is 0. The van der Waals surface area contributed by atoms with Gasteiger partial charge in [-0.15, -0.1) is 0 Å². The van der Waals surface area contributed by atoms with E-state index in [1.807, 2.05) is 52.1 Å². The summed E-state index contributed by atoms with van der Waals surface area (Å²) in [5, 5.41) is 7.89. The molecule has 0 atom stereocenters. The molecule has 0 aromatic heterocycles. The van der Waals surface area contributed by atoms with Gasteiger partial charge in [-0.25, -0.2) is 8.98 Å². The maximum absolute atomic E-state index is 9.60. The molecule has 0 aromatic carbocycles. The van der Waals surface area contributed by atoms with Gasteiger partial charge in [-0.05, 0) is 56.1 Å². The fourth-order valence-corrected chi connectivity index (χ4v) is 0.447. The molecule has 0 aliphatic carbocycles. The average Bonchev–Trinajstić information content (AvgIpc) is 2.13. The lowest BCUT2D eigenvalue weighted by Gasteiger charge is -1.90. The molecule has 0 spiro atoms. The van der Waals surface area contributed by atoms with E-state index in [1.165, 1.54) is 13.8 Å². The van der Waals surface area contributed by atoms with Crippen molar-refractivity contribution in [1.29, 1.82) is 0 Å². The fraction of sp³-hybridized carbons (Fsp3) is 0.750. The Kier molecular flexibility index (Phi) is 22.9. The van der Waals surface area contributed by atoms with Crippen LogP contribution in [0.3, 0.4) is 0 Å². The summed E-state index contributed by atoms with van der Waals surface area (Å²) in [4.78, 5) is 13.6. The first-order valence-electron chi connectivity index (χ1n) is 5.89. The smallest absolute Gasteiger partial charge is 0.397 e. The highest BCUT2D eigenvalue weighted by molar-refractivity contribution is 7.80. The van der Waals surface area contributed by atoms with E-state index in [0.717, 1.165) is 0 Å². The van der Waals surface area contributed by atoms with E-state index in [1.54, 1.807) is 0 Å². The van der Waals surface area contributed by atoms with Crippen molar-refractivity contribution in [3.8, 4) is 0 Å². The first-order valence-corrected chi connectivity index (χ1v) is 7.26. The van der Waals surface area contributed by atoms with Crippen LogP contribution in [0.15, 0.2) is 12.2 Å². The number of rotatable bonds is 3. The van der Waals surface area contributed by atoms with E-state index < -0.39 is 16.4 Å². The SMILES string of the molecule is C=C(C)C(=O)O.CCOS(=O)(=O)O.CN(C)C.CN(C)C. The number of carbonyl (C=O) groups is 1. The Balaban J connectivity index is -0.0000000948. The zero-order valence-corrected chi connectivity index (χ0v) is 15.1. The normalized spacial score (nSPS) is 9.48. The maximum Gasteiger partial charge on any atom is 0.397 e. The molecule has 0 aliphatic heterocycles. The summed E-state index contributed by atoms with van der Waals surface area (Å²) in [5.74, 6) is -0.935. The topological polar surface area (TPSA) is 107 Å². The maximum atomic E-state index is 9.60. The van der Waals surface area contributed by atoms with Crippen LogP contribution < -0.4 is 0 Å². The van der Waals surface area contributed by atoms with Crippen LogP contribution in [0.25, 0.3) is 0 Å². The number of nitrogens with zero attached hydrogens (tertiary/aromatic N) is 2. The Morgan fingerprint density at radius 3 is 1.29 bits per heavy atom. The van der Waals surface area contributed by atoms with Gasteiger partial charge in [-0.3, -0.25) is 4.55 Å². The number of hydrogen-bond acceptors (Lipinski definition) is 6. The summed E-state index contributed by atoms with van der Waals surface area (Å²) in [7, 11) is 7.83. The monoisotopic (exact) mass is 330 g/mol. The lowest BCUT2D eigenvalue weighted by molar-refractivity contribution is -0.132. The Morgan fingerprint density at radius 1 is 1.10 bits per heavy atom. The summed E-state index contributed by atoms with van der Waals surface area (Å²) in [5.41, 5.74) is 0.176. The Hall–Kier alpha value is -1.00. The quantitative estimate of drug-likeness (QED) is 0.579. The lowest BCUT2D eigenvalue weighted by atomic mass is 10.4. The van der Waals surface area contributed by atoms with E-state index in [2.05, 4.69) is 10.8 Å². The Morgan fingerprint density at radius 2 is 1.29 bits per heavy atom. The van der Waals surface area contributed by atoms with Crippen LogP contribution in [0, 0.1) is 0 Å². The molecule has 0 rings (SSSR count). The van der Waals surface area contributed by atoms with Gasteiger partial charge in [0.2, 0.25) is 0 Å². The van der Waals surface area contributed by atoms with Crippen LogP contribution >= 0.6 is 0 Å². The summed E-state index contributed by atoms with van der Waals surface area (Å²) in [6.45, 7) is 6.04. The number of carboxylic acid groups (broad SMARTS) is 1. The van der Waals surface area contributed by atoms with Gasteiger partial charge in [0.1, 0.15) is 0 Å². The van der Waals surface area contributed by atoms with Crippen LogP contribution in [0.5, 0.6) is 0 Å². The number of hydrogen-bond donors (Lipinski definition) is 2. The summed E-state index contributed by atoms with van der Waals surface area (Å²) in [6, 6.07) is 0. The van der Waals surface area contributed by atoms with Crippen LogP contribution in [-0.4, -0.2) is 82.7 Å². The van der Waals surface area contributed by atoms with Crippen LogP contribution in [-0.2, 0) is 19.4 Å². The van der Waals surface area contributed by atoms with Gasteiger partial charge >= 0.3 is 16.4 Å². The minimum absolute atomic E-state index is 0.0289. The molecule has 130 valence electrons. The minimum atomic E-state index is -4.17. The zero-order chi connectivity index (χ0) is 18.2. The summed E-state index contributed by atoms with van der Waals surface area (Å²) >= 11 is 0. The molecule has 0 saturated carbocycles. The molecule has 0 bridgehead atoms. The second-order valence-corrected chi connectivity index (χ2v) is 5.69. The van der Waals surface area contributed by atoms with Crippen molar-refractivity contribution in [2.45, 2.75) is 13.8 Å². The van der Waals surface area contributed by atoms with Gasteiger partial charge in [-0.1, -0.05) is 6.58 Å². The second kappa shape index (κ2) is 17.1. The molecule has 21 heavy (non-hydrogen) atoms. The predicted molar refractivity (Wildman–Crippen MR) is 84.8 cm³/mol. The lowest BCUT2D eigenvalue weighted by Crippen LogP contribution is -2.01. The van der Waals surface area contributed by atoms with E-state index in [0.29, 0.717) is 0 Å². The third-order valence-electron chi connectivity index (χ3n) is 0.632. The molecular formula is C12H30N2O6S. The fourth-order valence-electron chi connectivity index (χ4n) is 0.149. The Bertz CT molecular complexity index is 329. The van der Waals surface area contributed by atoms with E-state index in [-0.39, 0.29) is 12.2 Å². The molecule has 0 fully saturated rings. The van der Waals surface area contributed by atoms with Crippen molar-refractivity contribution in [3.05, 3.63) is 12.2 Å². The van der Waals surface area contributed by atoms with Gasteiger partial charge in [0.05, 0.1) is 6.61 Å². The van der Waals surface area contributed by atoms with Crippen molar-refractivity contribution in [3.63, 3.8) is 0 Å². The standard InChI is InChI=1S/C4H6O2.2C3H9N.C2H6O4S/c1-3(2)4(5)6;2*1-4(2)3;1-2-6-7(3,4)5/h1H2,2H3,(H,5,6);2*1-3H3;2H2,1H3,(H,3,4,5). The third-order valence-corrected chi connectivity index (χ3v) is 1.17. The average molecular weight is 330 g/mol. The first-order chi connectivity index (χ1) is 9.17. The second-order valence-electron chi connectivity index (χ2n) is 4.60. The predicted octanol–water partition coefficient (Wildman–Crippen LogP) is 0.828. The zero-order valence-electron chi connectivity index (χ0n) is 14.2. The van der Waals surface area contributed by atoms with Crippen LogP contribution in [0.2, 0.25) is 0 Å². The highest BCUT2D eigenvalue weighted by atomic mass is 32.3. The Labute approximate surface area is 129 Å². The van der Waals surface area contributed by atoms with E-state index in [4.69, 9.17) is 9.66 Å². The molecule has 0 heterocycles. The molecule has 0 radical (unpaired) electrons. The third kappa shape index (κ3) is 112. The van der Waals surface area contributed by atoms with Gasteiger partial charge < -0.3 is 14.9 Å². The van der Waals surface area contributed by atoms with Gasteiger partial charge in [0.15, 0.2) is 0 Å². The van der Waals surface area contributed by atoms with Crippen LogP contribution in [0.1, 0.15) is 13.8 Å². The van der Waals surface area contributed by atoms with E-state index in [9.17, 15) is 13.2 Å². The highest BCUT2D eigenvalue weighted by Gasteiger charge is 1.98. The molecule has 0 amide bonds. The first kappa shape index (κ1) is 28.2. The van der Waals surface area contributed by atoms with Gasteiger partial charge in [0.25, 0.3) is 0 Å². The molecule has 0 aromatic rings. The van der Waals surface area contributed by atoms with Crippen molar-refractivity contribution < 1.29 is 27.1 Å². The number of aliphatic carboxylic acids is 1. The molecule has 0 unspecified atom stereocenters. The molecular weight excluding hydrogens is 300 g/mol. The molecule has 9 heteroatoms.